The van der Waals surface area contributed by atoms with E-state index in [-0.39, 0.29) is 0 Å². The summed E-state index contributed by atoms with van der Waals surface area (Å²) in [5.74, 6) is 1.27. The van der Waals surface area contributed by atoms with Gasteiger partial charge in [0, 0.05) is 24.5 Å². The molecule has 1 aromatic carbocycles. The van der Waals surface area contributed by atoms with Crippen LogP contribution in [-0.4, -0.2) is 11.5 Å². The number of aromatic nitrogens is 1. The number of hydrogen-bond acceptors (Lipinski definition) is 3. The molecule has 0 radical (unpaired) electrons. The van der Waals surface area contributed by atoms with Crippen LogP contribution in [0, 0.1) is 6.92 Å². The minimum Gasteiger partial charge on any atom is -0.398 e. The maximum atomic E-state index is 5.86. The van der Waals surface area contributed by atoms with Gasteiger partial charge in [0.05, 0.1) is 0 Å². The molecule has 0 aliphatic heterocycles. The molecule has 1 aromatic heterocycles. The smallest absolute Gasteiger partial charge is 0.127 e. The van der Waals surface area contributed by atoms with E-state index in [1.165, 1.54) is 5.56 Å². The lowest BCUT2D eigenvalue weighted by Crippen LogP contribution is -2.11. The highest BCUT2D eigenvalue weighted by Crippen LogP contribution is 2.17. The number of pyridine rings is 1. The Bertz CT molecular complexity index is 508. The molecule has 94 valence electrons. The fraction of sp³-hybridized carbons (Fsp3) is 0.267. The molecule has 3 N–H and O–H groups in total. The van der Waals surface area contributed by atoms with E-state index >= 15 is 0 Å². The van der Waals surface area contributed by atoms with Crippen molar-refractivity contribution in [2.24, 2.45) is 0 Å². The topological polar surface area (TPSA) is 50.9 Å². The van der Waals surface area contributed by atoms with Gasteiger partial charge in [-0.15, -0.1) is 0 Å². The molecule has 0 saturated heterocycles. The minimum atomic E-state index is 0.440. The molecule has 0 aliphatic carbocycles. The zero-order valence-electron chi connectivity index (χ0n) is 10.9. The summed E-state index contributed by atoms with van der Waals surface area (Å²) < 4.78 is 0. The van der Waals surface area contributed by atoms with E-state index in [0.717, 1.165) is 23.6 Å². The van der Waals surface area contributed by atoms with Crippen molar-refractivity contribution in [3.8, 4) is 0 Å². The highest BCUT2D eigenvalue weighted by atomic mass is 15.0. The number of aryl methyl sites for hydroxylation is 1. The summed E-state index contributed by atoms with van der Waals surface area (Å²) in [6.07, 6.45) is 1.80. The lowest BCUT2D eigenvalue weighted by Gasteiger charge is -2.14. The summed E-state index contributed by atoms with van der Waals surface area (Å²) in [6.45, 7) is 5.00. The Morgan fingerprint density at radius 1 is 1.28 bits per heavy atom. The van der Waals surface area contributed by atoms with E-state index in [2.05, 4.69) is 41.5 Å². The van der Waals surface area contributed by atoms with Gasteiger partial charge >= 0.3 is 0 Å². The van der Waals surface area contributed by atoms with Gasteiger partial charge in [0.15, 0.2) is 0 Å². The molecule has 2 aromatic rings. The summed E-state index contributed by atoms with van der Waals surface area (Å²) in [7, 11) is 0. The second-order valence-electron chi connectivity index (χ2n) is 4.62. The van der Waals surface area contributed by atoms with Crippen LogP contribution in [0.5, 0.6) is 0 Å². The van der Waals surface area contributed by atoms with Crippen LogP contribution in [0.2, 0.25) is 0 Å². The third-order valence-corrected chi connectivity index (χ3v) is 3.10. The van der Waals surface area contributed by atoms with Crippen molar-refractivity contribution in [1.29, 1.82) is 0 Å². The van der Waals surface area contributed by atoms with Crippen LogP contribution in [0.4, 0.5) is 11.5 Å². The van der Waals surface area contributed by atoms with Gasteiger partial charge in [-0.1, -0.05) is 37.3 Å². The van der Waals surface area contributed by atoms with Gasteiger partial charge in [-0.05, 0) is 24.0 Å². The van der Waals surface area contributed by atoms with E-state index in [4.69, 9.17) is 5.73 Å². The largest absolute Gasteiger partial charge is 0.398 e. The van der Waals surface area contributed by atoms with Crippen LogP contribution < -0.4 is 11.1 Å². The fourth-order valence-corrected chi connectivity index (χ4v) is 1.79. The van der Waals surface area contributed by atoms with Crippen molar-refractivity contribution < 1.29 is 0 Å². The number of rotatable bonds is 4. The molecule has 0 fully saturated rings. The van der Waals surface area contributed by atoms with Crippen LogP contribution in [0.25, 0.3) is 0 Å². The Morgan fingerprint density at radius 2 is 2.00 bits per heavy atom. The molecule has 1 atom stereocenters. The molecular weight excluding hydrogens is 222 g/mol. The Kier molecular flexibility index (Phi) is 3.82. The molecule has 18 heavy (non-hydrogen) atoms. The Hall–Kier alpha value is -2.03. The van der Waals surface area contributed by atoms with Crippen LogP contribution >= 0.6 is 0 Å². The van der Waals surface area contributed by atoms with E-state index in [1.807, 2.05) is 19.1 Å². The van der Waals surface area contributed by atoms with Crippen molar-refractivity contribution in [2.45, 2.75) is 19.8 Å². The van der Waals surface area contributed by atoms with Gasteiger partial charge in [-0.3, -0.25) is 0 Å². The number of nitrogen functional groups attached to an aromatic ring is 1. The molecule has 0 bridgehead atoms. The third kappa shape index (κ3) is 3.00. The van der Waals surface area contributed by atoms with E-state index in [9.17, 15) is 0 Å². The fourth-order valence-electron chi connectivity index (χ4n) is 1.79. The molecule has 0 amide bonds. The molecule has 1 unspecified atom stereocenters. The summed E-state index contributed by atoms with van der Waals surface area (Å²) in [4.78, 5) is 4.31. The van der Waals surface area contributed by atoms with Gasteiger partial charge in [0.25, 0.3) is 0 Å². The number of nitrogens with one attached hydrogen (secondary N) is 1. The van der Waals surface area contributed by atoms with Crippen molar-refractivity contribution >= 4 is 11.5 Å². The third-order valence-electron chi connectivity index (χ3n) is 3.10. The lowest BCUT2D eigenvalue weighted by molar-refractivity contribution is 0.801. The zero-order valence-corrected chi connectivity index (χ0v) is 10.9. The Labute approximate surface area is 108 Å². The molecular formula is C15H19N3. The van der Waals surface area contributed by atoms with E-state index in [1.54, 1.807) is 6.20 Å². The SMILES string of the molecule is Cc1cnc(NCC(C)c2ccccc2)cc1N. The Morgan fingerprint density at radius 3 is 2.67 bits per heavy atom. The monoisotopic (exact) mass is 241 g/mol. The number of nitrogens with zero attached hydrogens (tertiary/aromatic N) is 1. The molecule has 0 saturated carbocycles. The lowest BCUT2D eigenvalue weighted by atomic mass is 10.0. The second kappa shape index (κ2) is 5.54. The standard InChI is InChI=1S/C15H19N3/c1-11(13-6-4-3-5-7-13)9-17-15-8-14(16)12(2)10-18-15/h3-8,10-11H,9H2,1-2H3,(H3,16,17,18). The number of nitrogens with two attached hydrogens (primary N) is 1. The second-order valence-corrected chi connectivity index (χ2v) is 4.62. The van der Waals surface area contributed by atoms with E-state index < -0.39 is 0 Å². The molecule has 1 heterocycles. The van der Waals surface area contributed by atoms with Crippen molar-refractivity contribution in [1.82, 2.24) is 4.98 Å². The predicted molar refractivity (Wildman–Crippen MR) is 76.7 cm³/mol. The molecule has 0 spiro atoms. The molecule has 2 rings (SSSR count). The number of benzene rings is 1. The molecule has 0 aliphatic rings. The Balaban J connectivity index is 1.97. The zero-order chi connectivity index (χ0) is 13.0. The van der Waals surface area contributed by atoms with Crippen molar-refractivity contribution in [2.75, 3.05) is 17.6 Å². The van der Waals surface area contributed by atoms with Crippen molar-refractivity contribution in [3.63, 3.8) is 0 Å². The predicted octanol–water partition coefficient (Wildman–Crippen LogP) is 3.19. The first-order valence-corrected chi connectivity index (χ1v) is 6.18. The average molecular weight is 241 g/mol. The average Bonchev–Trinajstić information content (AvgIpc) is 2.41. The van der Waals surface area contributed by atoms with Gasteiger partial charge in [-0.25, -0.2) is 4.98 Å². The highest BCUT2D eigenvalue weighted by molar-refractivity contribution is 5.53. The maximum absolute atomic E-state index is 5.86. The van der Waals surface area contributed by atoms with Crippen LogP contribution in [0.15, 0.2) is 42.6 Å². The first kappa shape index (κ1) is 12.4. The van der Waals surface area contributed by atoms with Crippen LogP contribution in [-0.2, 0) is 0 Å². The molecule has 3 nitrogen and oxygen atoms in total. The van der Waals surface area contributed by atoms with Gasteiger partial charge in [-0.2, -0.15) is 0 Å². The summed E-state index contributed by atoms with van der Waals surface area (Å²) >= 11 is 0. The molecule has 3 heteroatoms. The first-order chi connectivity index (χ1) is 8.66. The highest BCUT2D eigenvalue weighted by Gasteiger charge is 2.05. The van der Waals surface area contributed by atoms with Crippen LogP contribution in [0.1, 0.15) is 24.0 Å². The first-order valence-electron chi connectivity index (χ1n) is 6.18. The van der Waals surface area contributed by atoms with Crippen LogP contribution in [0.3, 0.4) is 0 Å². The van der Waals surface area contributed by atoms with Gasteiger partial charge < -0.3 is 11.1 Å². The number of anilines is 2. The van der Waals surface area contributed by atoms with Gasteiger partial charge in [0.1, 0.15) is 5.82 Å². The summed E-state index contributed by atoms with van der Waals surface area (Å²) in [6, 6.07) is 12.3. The quantitative estimate of drug-likeness (QED) is 0.864. The van der Waals surface area contributed by atoms with E-state index in [0.29, 0.717) is 5.92 Å². The normalized spacial score (nSPS) is 12.1. The number of hydrogen-bond donors (Lipinski definition) is 2. The summed E-state index contributed by atoms with van der Waals surface area (Å²) in [5, 5.41) is 3.32. The summed E-state index contributed by atoms with van der Waals surface area (Å²) in [5.41, 5.74) is 8.97. The van der Waals surface area contributed by atoms with Gasteiger partial charge in [0.2, 0.25) is 0 Å². The van der Waals surface area contributed by atoms with Crippen molar-refractivity contribution in [3.05, 3.63) is 53.7 Å². The minimum absolute atomic E-state index is 0.440. The maximum Gasteiger partial charge on any atom is 0.127 e.